The summed E-state index contributed by atoms with van der Waals surface area (Å²) in [5.74, 6) is 0.566. The molecule has 1 aromatic heterocycles. The molecule has 110 valence electrons. The fourth-order valence-corrected chi connectivity index (χ4v) is 2.39. The first-order valence-electron chi connectivity index (χ1n) is 7.14. The van der Waals surface area contributed by atoms with E-state index < -0.39 is 12.0 Å². The lowest BCUT2D eigenvalue weighted by atomic mass is 10.1. The van der Waals surface area contributed by atoms with E-state index in [9.17, 15) is 9.90 Å². The number of hydrogen-bond acceptors (Lipinski definition) is 5. The Labute approximate surface area is 119 Å². The number of carboxylic acids is 1. The van der Waals surface area contributed by atoms with Gasteiger partial charge in [0.15, 0.2) is 0 Å². The highest BCUT2D eigenvalue weighted by atomic mass is 16.4. The highest BCUT2D eigenvalue weighted by Gasteiger charge is 2.22. The molecule has 2 rings (SSSR count). The third kappa shape index (κ3) is 3.59. The number of aromatic nitrogens is 2. The molecule has 0 spiro atoms. The molecule has 6 heteroatoms. The molecule has 0 radical (unpaired) electrons. The molecule has 20 heavy (non-hydrogen) atoms. The van der Waals surface area contributed by atoms with Gasteiger partial charge in [0.25, 0.3) is 0 Å². The minimum Gasteiger partial charge on any atom is -0.480 e. The Balaban J connectivity index is 2.10. The summed E-state index contributed by atoms with van der Waals surface area (Å²) in [7, 11) is 0. The fraction of sp³-hybridized carbons (Fsp3) is 0.643. The molecule has 1 aliphatic rings. The van der Waals surface area contributed by atoms with Crippen molar-refractivity contribution in [1.29, 1.82) is 0 Å². The maximum absolute atomic E-state index is 11.2. The maximum atomic E-state index is 11.2. The van der Waals surface area contributed by atoms with E-state index in [2.05, 4.69) is 20.2 Å². The topological polar surface area (TPSA) is 78.3 Å². The largest absolute Gasteiger partial charge is 0.480 e. The Morgan fingerprint density at radius 3 is 2.60 bits per heavy atom. The summed E-state index contributed by atoms with van der Waals surface area (Å²) in [6.07, 6.45) is 5.11. The van der Waals surface area contributed by atoms with E-state index in [0.717, 1.165) is 18.9 Å². The van der Waals surface area contributed by atoms with Crippen molar-refractivity contribution in [1.82, 2.24) is 9.97 Å². The Bertz CT molecular complexity index is 458. The predicted molar refractivity (Wildman–Crippen MR) is 78.0 cm³/mol. The molecule has 1 atom stereocenters. The molecule has 0 bridgehead atoms. The molecule has 0 aliphatic carbocycles. The first-order chi connectivity index (χ1) is 9.58. The van der Waals surface area contributed by atoms with Crippen LogP contribution in [0, 0.1) is 5.92 Å². The third-order valence-corrected chi connectivity index (χ3v) is 3.57. The number of nitrogens with zero attached hydrogens (tertiary/aromatic N) is 3. The summed E-state index contributed by atoms with van der Waals surface area (Å²) >= 11 is 0. The van der Waals surface area contributed by atoms with Crippen molar-refractivity contribution < 1.29 is 9.90 Å². The van der Waals surface area contributed by atoms with Gasteiger partial charge in [-0.25, -0.2) is 14.8 Å². The van der Waals surface area contributed by atoms with E-state index in [0.29, 0.717) is 5.82 Å². The summed E-state index contributed by atoms with van der Waals surface area (Å²) < 4.78 is 0. The summed E-state index contributed by atoms with van der Waals surface area (Å²) in [6, 6.07) is 1.20. The minimum atomic E-state index is -0.863. The van der Waals surface area contributed by atoms with Crippen LogP contribution in [0.3, 0.4) is 0 Å². The van der Waals surface area contributed by atoms with Gasteiger partial charge >= 0.3 is 5.97 Å². The number of carbonyl (C=O) groups is 1. The highest BCUT2D eigenvalue weighted by Crippen LogP contribution is 2.20. The fourth-order valence-electron chi connectivity index (χ4n) is 2.39. The smallest absolute Gasteiger partial charge is 0.326 e. The highest BCUT2D eigenvalue weighted by molar-refractivity contribution is 5.77. The van der Waals surface area contributed by atoms with Crippen LogP contribution in [0.15, 0.2) is 12.4 Å². The number of nitrogens with one attached hydrogen (secondary N) is 1. The van der Waals surface area contributed by atoms with Gasteiger partial charge in [0, 0.05) is 19.2 Å². The third-order valence-electron chi connectivity index (χ3n) is 3.57. The first-order valence-corrected chi connectivity index (χ1v) is 7.14. The van der Waals surface area contributed by atoms with Crippen molar-refractivity contribution in [2.45, 2.75) is 39.2 Å². The molecule has 1 saturated heterocycles. The van der Waals surface area contributed by atoms with Crippen molar-refractivity contribution in [3.63, 3.8) is 0 Å². The van der Waals surface area contributed by atoms with Crippen molar-refractivity contribution in [2.24, 2.45) is 5.92 Å². The van der Waals surface area contributed by atoms with Crippen LogP contribution < -0.4 is 10.2 Å². The van der Waals surface area contributed by atoms with Crippen LogP contribution in [0.1, 0.15) is 33.1 Å². The monoisotopic (exact) mass is 278 g/mol. The van der Waals surface area contributed by atoms with Gasteiger partial charge in [0.05, 0.1) is 0 Å². The van der Waals surface area contributed by atoms with E-state index in [-0.39, 0.29) is 5.92 Å². The van der Waals surface area contributed by atoms with Crippen LogP contribution >= 0.6 is 0 Å². The molecule has 1 fully saturated rings. The van der Waals surface area contributed by atoms with Gasteiger partial charge < -0.3 is 15.3 Å². The molecule has 0 amide bonds. The van der Waals surface area contributed by atoms with Crippen LogP contribution in [0.25, 0.3) is 0 Å². The Kier molecular flexibility index (Phi) is 4.76. The maximum Gasteiger partial charge on any atom is 0.326 e. The summed E-state index contributed by atoms with van der Waals surface area (Å²) in [5.41, 5.74) is 0. The van der Waals surface area contributed by atoms with Crippen LogP contribution in [0.2, 0.25) is 0 Å². The average molecular weight is 278 g/mol. The van der Waals surface area contributed by atoms with Gasteiger partial charge in [-0.1, -0.05) is 13.8 Å². The molecule has 2 N–H and O–H groups in total. The van der Waals surface area contributed by atoms with Crippen molar-refractivity contribution in [2.75, 3.05) is 23.3 Å². The zero-order valence-electron chi connectivity index (χ0n) is 12.0. The molecule has 1 aromatic rings. The minimum absolute atomic E-state index is 0.0131. The van der Waals surface area contributed by atoms with Gasteiger partial charge in [-0.15, -0.1) is 0 Å². The molecule has 0 unspecified atom stereocenters. The zero-order chi connectivity index (χ0) is 14.5. The van der Waals surface area contributed by atoms with Crippen LogP contribution in [-0.2, 0) is 4.79 Å². The SMILES string of the molecule is CC(C)[C@H](Nc1cc(N2CCCCC2)ncn1)C(=O)O. The number of hydrogen-bond donors (Lipinski definition) is 2. The number of aliphatic carboxylic acids is 1. The van der Waals surface area contributed by atoms with E-state index >= 15 is 0 Å². The standard InChI is InChI=1S/C14H22N4O2/c1-10(2)13(14(19)20)17-11-8-12(16-9-15-11)18-6-4-3-5-7-18/h8-10,13H,3-7H2,1-2H3,(H,19,20)(H,15,16,17)/t13-/m0/s1. The van der Waals surface area contributed by atoms with E-state index in [4.69, 9.17) is 0 Å². The quantitative estimate of drug-likeness (QED) is 0.857. The van der Waals surface area contributed by atoms with Gasteiger partial charge in [-0.2, -0.15) is 0 Å². The van der Waals surface area contributed by atoms with Crippen molar-refractivity contribution >= 4 is 17.6 Å². The molecule has 0 aromatic carbocycles. The van der Waals surface area contributed by atoms with Gasteiger partial charge in [-0.3, -0.25) is 0 Å². The molecular formula is C14H22N4O2. The summed E-state index contributed by atoms with van der Waals surface area (Å²) in [5, 5.41) is 12.2. The molecule has 6 nitrogen and oxygen atoms in total. The van der Waals surface area contributed by atoms with Gasteiger partial charge in [0.1, 0.15) is 24.0 Å². The van der Waals surface area contributed by atoms with Gasteiger partial charge in [-0.05, 0) is 25.2 Å². The predicted octanol–water partition coefficient (Wildman–Crippen LogP) is 1.99. The van der Waals surface area contributed by atoms with E-state index in [1.165, 1.54) is 25.6 Å². The van der Waals surface area contributed by atoms with Crippen LogP contribution in [0.4, 0.5) is 11.6 Å². The average Bonchev–Trinajstić information content (AvgIpc) is 2.45. The molecular weight excluding hydrogens is 256 g/mol. The second kappa shape index (κ2) is 6.54. The summed E-state index contributed by atoms with van der Waals surface area (Å²) in [6.45, 7) is 5.75. The zero-order valence-corrected chi connectivity index (χ0v) is 12.0. The number of piperidine rings is 1. The second-order valence-electron chi connectivity index (χ2n) is 5.51. The number of anilines is 2. The Morgan fingerprint density at radius 1 is 1.30 bits per heavy atom. The normalized spacial score (nSPS) is 17.1. The molecule has 2 heterocycles. The van der Waals surface area contributed by atoms with Gasteiger partial charge in [0.2, 0.25) is 0 Å². The lowest BCUT2D eigenvalue weighted by Gasteiger charge is -2.28. The number of carboxylic acid groups (broad SMARTS) is 1. The molecule has 0 saturated carbocycles. The van der Waals surface area contributed by atoms with Crippen molar-refractivity contribution in [3.05, 3.63) is 12.4 Å². The summed E-state index contributed by atoms with van der Waals surface area (Å²) in [4.78, 5) is 21.9. The second-order valence-corrected chi connectivity index (χ2v) is 5.51. The lowest BCUT2D eigenvalue weighted by molar-refractivity contribution is -0.138. The van der Waals surface area contributed by atoms with Crippen LogP contribution in [-0.4, -0.2) is 40.2 Å². The first kappa shape index (κ1) is 14.6. The Morgan fingerprint density at radius 2 is 2.00 bits per heavy atom. The molecule has 1 aliphatic heterocycles. The number of rotatable bonds is 5. The van der Waals surface area contributed by atoms with E-state index in [1.54, 1.807) is 0 Å². The van der Waals surface area contributed by atoms with E-state index in [1.807, 2.05) is 19.9 Å². The lowest BCUT2D eigenvalue weighted by Crippen LogP contribution is -2.35. The Hall–Kier alpha value is -1.85. The van der Waals surface area contributed by atoms with Crippen LogP contribution in [0.5, 0.6) is 0 Å². The van der Waals surface area contributed by atoms with Crippen molar-refractivity contribution in [3.8, 4) is 0 Å².